The van der Waals surface area contributed by atoms with Crippen molar-refractivity contribution in [3.05, 3.63) is 60.4 Å². The summed E-state index contributed by atoms with van der Waals surface area (Å²) in [6.07, 6.45) is 3.66. The van der Waals surface area contributed by atoms with E-state index < -0.39 is 0 Å². The topological polar surface area (TPSA) is 36.4 Å². The SMILES string of the molecule is O=C(CSc1ccccc1)N1CCN(Cc2ccncc2)CC1. The van der Waals surface area contributed by atoms with Gasteiger partial charge in [-0.2, -0.15) is 0 Å². The summed E-state index contributed by atoms with van der Waals surface area (Å²) in [6, 6.07) is 14.2. The van der Waals surface area contributed by atoms with Gasteiger partial charge in [0.1, 0.15) is 0 Å². The fraction of sp³-hybridized carbons (Fsp3) is 0.333. The molecule has 0 radical (unpaired) electrons. The van der Waals surface area contributed by atoms with E-state index in [-0.39, 0.29) is 5.91 Å². The normalized spacial score (nSPS) is 15.6. The number of hydrogen-bond donors (Lipinski definition) is 0. The molecule has 1 amide bonds. The molecule has 1 aliphatic rings. The smallest absolute Gasteiger partial charge is 0.233 e. The van der Waals surface area contributed by atoms with E-state index in [2.05, 4.69) is 9.88 Å². The maximum Gasteiger partial charge on any atom is 0.233 e. The second kappa shape index (κ2) is 8.13. The van der Waals surface area contributed by atoms with Crippen LogP contribution in [0.3, 0.4) is 0 Å². The molecule has 0 spiro atoms. The van der Waals surface area contributed by atoms with Crippen LogP contribution in [0, 0.1) is 0 Å². The maximum atomic E-state index is 12.3. The zero-order valence-corrected chi connectivity index (χ0v) is 13.9. The Morgan fingerprint density at radius 2 is 1.70 bits per heavy atom. The van der Waals surface area contributed by atoms with Crippen LogP contribution in [0.5, 0.6) is 0 Å². The number of piperazine rings is 1. The molecule has 2 aromatic rings. The number of rotatable bonds is 5. The van der Waals surface area contributed by atoms with Crippen molar-refractivity contribution in [3.63, 3.8) is 0 Å². The van der Waals surface area contributed by atoms with Crippen LogP contribution in [0.2, 0.25) is 0 Å². The lowest BCUT2D eigenvalue weighted by atomic mass is 10.2. The van der Waals surface area contributed by atoms with E-state index in [0.717, 1.165) is 37.6 Å². The predicted octanol–water partition coefficient (Wildman–Crippen LogP) is 2.52. The average molecular weight is 327 g/mol. The number of thioether (sulfide) groups is 1. The van der Waals surface area contributed by atoms with E-state index in [1.54, 1.807) is 11.8 Å². The predicted molar refractivity (Wildman–Crippen MR) is 93.3 cm³/mol. The van der Waals surface area contributed by atoms with Gasteiger partial charge in [-0.05, 0) is 29.8 Å². The van der Waals surface area contributed by atoms with Crippen molar-refractivity contribution in [3.8, 4) is 0 Å². The lowest BCUT2D eigenvalue weighted by Gasteiger charge is -2.34. The fourth-order valence-corrected chi connectivity index (χ4v) is 3.48. The van der Waals surface area contributed by atoms with Gasteiger partial charge >= 0.3 is 0 Å². The van der Waals surface area contributed by atoms with Gasteiger partial charge in [-0.1, -0.05) is 18.2 Å². The molecule has 0 aliphatic carbocycles. The minimum Gasteiger partial charge on any atom is -0.339 e. The second-order valence-corrected chi connectivity index (χ2v) is 6.66. The Balaban J connectivity index is 1.42. The third-order valence-electron chi connectivity index (χ3n) is 3.99. The standard InChI is InChI=1S/C18H21N3OS/c22-18(15-23-17-4-2-1-3-5-17)21-12-10-20(11-13-21)14-16-6-8-19-9-7-16/h1-9H,10-15H2. The Labute approximate surface area is 141 Å². The third kappa shape index (κ3) is 4.81. The molecule has 5 heteroatoms. The average Bonchev–Trinajstić information content (AvgIpc) is 2.62. The van der Waals surface area contributed by atoms with Gasteiger partial charge in [0.2, 0.25) is 5.91 Å². The molecule has 23 heavy (non-hydrogen) atoms. The number of benzene rings is 1. The second-order valence-electron chi connectivity index (χ2n) is 5.61. The van der Waals surface area contributed by atoms with Gasteiger partial charge in [0.25, 0.3) is 0 Å². The Bertz CT molecular complexity index is 613. The molecule has 120 valence electrons. The maximum absolute atomic E-state index is 12.3. The number of carbonyl (C=O) groups is 1. The van der Waals surface area contributed by atoms with Gasteiger partial charge in [-0.3, -0.25) is 14.7 Å². The van der Waals surface area contributed by atoms with Crippen LogP contribution in [0.1, 0.15) is 5.56 Å². The summed E-state index contributed by atoms with van der Waals surface area (Å²) >= 11 is 1.61. The lowest BCUT2D eigenvalue weighted by molar-refractivity contribution is -0.130. The molecule has 3 rings (SSSR count). The van der Waals surface area contributed by atoms with Crippen molar-refractivity contribution < 1.29 is 4.79 Å². The Morgan fingerprint density at radius 1 is 1.00 bits per heavy atom. The van der Waals surface area contributed by atoms with Gasteiger partial charge < -0.3 is 4.90 Å². The number of nitrogens with zero attached hydrogens (tertiary/aromatic N) is 3. The third-order valence-corrected chi connectivity index (χ3v) is 4.98. The largest absolute Gasteiger partial charge is 0.339 e. The van der Waals surface area contributed by atoms with Crippen LogP contribution in [0.4, 0.5) is 0 Å². The Kier molecular flexibility index (Phi) is 5.66. The van der Waals surface area contributed by atoms with Crippen LogP contribution in [0.15, 0.2) is 59.8 Å². The Hall–Kier alpha value is -1.85. The number of pyridine rings is 1. The highest BCUT2D eigenvalue weighted by Gasteiger charge is 2.20. The summed E-state index contributed by atoms with van der Waals surface area (Å²) in [7, 11) is 0. The van der Waals surface area contributed by atoms with E-state index >= 15 is 0 Å². The van der Waals surface area contributed by atoms with Crippen LogP contribution >= 0.6 is 11.8 Å². The summed E-state index contributed by atoms with van der Waals surface area (Å²) in [5, 5.41) is 0. The van der Waals surface area contributed by atoms with E-state index in [1.807, 2.05) is 59.8 Å². The summed E-state index contributed by atoms with van der Waals surface area (Å²) in [6.45, 7) is 4.44. The molecule has 1 saturated heterocycles. The number of aromatic nitrogens is 1. The van der Waals surface area contributed by atoms with Crippen molar-refractivity contribution in [1.82, 2.24) is 14.8 Å². The molecule has 1 aliphatic heterocycles. The molecule has 1 aromatic heterocycles. The summed E-state index contributed by atoms with van der Waals surface area (Å²) in [4.78, 5) is 21.9. The first-order chi connectivity index (χ1) is 11.3. The van der Waals surface area contributed by atoms with Crippen molar-refractivity contribution in [2.24, 2.45) is 0 Å². The number of hydrogen-bond acceptors (Lipinski definition) is 4. The molecule has 4 nitrogen and oxygen atoms in total. The van der Waals surface area contributed by atoms with Crippen LogP contribution < -0.4 is 0 Å². The molecule has 0 N–H and O–H groups in total. The zero-order chi connectivity index (χ0) is 15.9. The van der Waals surface area contributed by atoms with Crippen LogP contribution in [-0.4, -0.2) is 52.6 Å². The first-order valence-electron chi connectivity index (χ1n) is 7.88. The molecule has 0 unspecified atom stereocenters. The van der Waals surface area contributed by atoms with Crippen molar-refractivity contribution in [2.75, 3.05) is 31.9 Å². The van der Waals surface area contributed by atoms with E-state index in [1.165, 1.54) is 5.56 Å². The number of amides is 1. The summed E-state index contributed by atoms with van der Waals surface area (Å²) in [5.74, 6) is 0.761. The lowest BCUT2D eigenvalue weighted by Crippen LogP contribution is -2.48. The molecular formula is C18H21N3OS. The van der Waals surface area contributed by atoms with E-state index in [4.69, 9.17) is 0 Å². The zero-order valence-electron chi connectivity index (χ0n) is 13.1. The first-order valence-corrected chi connectivity index (χ1v) is 8.87. The molecule has 0 bridgehead atoms. The summed E-state index contributed by atoms with van der Waals surface area (Å²) in [5.41, 5.74) is 1.28. The Morgan fingerprint density at radius 3 is 2.39 bits per heavy atom. The molecule has 0 saturated carbocycles. The van der Waals surface area contributed by atoms with Crippen LogP contribution in [-0.2, 0) is 11.3 Å². The first kappa shape index (κ1) is 16.0. The van der Waals surface area contributed by atoms with Crippen LogP contribution in [0.25, 0.3) is 0 Å². The van der Waals surface area contributed by atoms with Gasteiger partial charge in [0.05, 0.1) is 5.75 Å². The molecule has 1 aromatic carbocycles. The van der Waals surface area contributed by atoms with Crippen molar-refractivity contribution in [2.45, 2.75) is 11.4 Å². The molecular weight excluding hydrogens is 306 g/mol. The van der Waals surface area contributed by atoms with Crippen molar-refractivity contribution >= 4 is 17.7 Å². The monoisotopic (exact) mass is 327 g/mol. The number of carbonyl (C=O) groups excluding carboxylic acids is 1. The van der Waals surface area contributed by atoms with Gasteiger partial charge in [0.15, 0.2) is 0 Å². The van der Waals surface area contributed by atoms with E-state index in [9.17, 15) is 4.79 Å². The fourth-order valence-electron chi connectivity index (χ4n) is 2.65. The minimum atomic E-state index is 0.238. The minimum absolute atomic E-state index is 0.238. The summed E-state index contributed by atoms with van der Waals surface area (Å²) < 4.78 is 0. The van der Waals surface area contributed by atoms with E-state index in [0.29, 0.717) is 5.75 Å². The van der Waals surface area contributed by atoms with Gasteiger partial charge in [-0.25, -0.2) is 0 Å². The molecule has 0 atom stereocenters. The highest BCUT2D eigenvalue weighted by molar-refractivity contribution is 8.00. The highest BCUT2D eigenvalue weighted by Crippen LogP contribution is 2.18. The quantitative estimate of drug-likeness (QED) is 0.791. The van der Waals surface area contributed by atoms with Gasteiger partial charge in [0, 0.05) is 50.0 Å². The highest BCUT2D eigenvalue weighted by atomic mass is 32.2. The molecule has 1 fully saturated rings. The van der Waals surface area contributed by atoms with Gasteiger partial charge in [-0.15, -0.1) is 11.8 Å². The van der Waals surface area contributed by atoms with Crippen molar-refractivity contribution in [1.29, 1.82) is 0 Å². The molecule has 2 heterocycles.